The topological polar surface area (TPSA) is 99.6 Å². The smallest absolute Gasteiger partial charge is 0.180 e. The summed E-state index contributed by atoms with van der Waals surface area (Å²) in [6.07, 6.45) is 7.38. The van der Waals surface area contributed by atoms with Crippen LogP contribution in [0.1, 0.15) is 29.4 Å². The van der Waals surface area contributed by atoms with Gasteiger partial charge in [-0.2, -0.15) is 5.10 Å². The van der Waals surface area contributed by atoms with Crippen LogP contribution in [0, 0.1) is 6.92 Å². The van der Waals surface area contributed by atoms with Crippen molar-refractivity contribution in [3.05, 3.63) is 60.3 Å². The Morgan fingerprint density at radius 2 is 2.00 bits per heavy atom. The van der Waals surface area contributed by atoms with Crippen LogP contribution in [0.3, 0.4) is 0 Å². The minimum absolute atomic E-state index is 0.0215. The molecule has 0 saturated heterocycles. The van der Waals surface area contributed by atoms with Crippen LogP contribution in [0.2, 0.25) is 0 Å². The Labute approximate surface area is 155 Å². The van der Waals surface area contributed by atoms with Crippen LogP contribution in [0.15, 0.2) is 49.1 Å². The van der Waals surface area contributed by atoms with Crippen molar-refractivity contribution in [1.29, 1.82) is 0 Å². The van der Waals surface area contributed by atoms with Crippen molar-refractivity contribution in [3.63, 3.8) is 0 Å². The second-order valence-electron chi connectivity index (χ2n) is 6.27. The molecule has 0 atom stereocenters. The van der Waals surface area contributed by atoms with Crippen LogP contribution < -0.4 is 5.73 Å². The minimum atomic E-state index is 0.0215. The summed E-state index contributed by atoms with van der Waals surface area (Å²) in [5.74, 6) is 1.10. The van der Waals surface area contributed by atoms with Crippen LogP contribution in [0.5, 0.6) is 0 Å². The number of rotatable bonds is 4. The van der Waals surface area contributed by atoms with Crippen LogP contribution in [-0.4, -0.2) is 30.5 Å². The highest BCUT2D eigenvalue weighted by Crippen LogP contribution is 2.31. The van der Waals surface area contributed by atoms with Gasteiger partial charge < -0.3 is 5.73 Å². The zero-order valence-electron chi connectivity index (χ0n) is 15.0. The number of carbonyl (C=O) groups excluding carboxylic acids is 1. The molecule has 4 rings (SSSR count). The Bertz CT molecular complexity index is 1150. The van der Waals surface area contributed by atoms with E-state index in [1.165, 1.54) is 0 Å². The van der Waals surface area contributed by atoms with Gasteiger partial charge in [0.05, 0.1) is 5.52 Å². The molecule has 2 N–H and O–H groups in total. The first-order valence-electron chi connectivity index (χ1n) is 8.63. The number of hydrogen-bond acceptors (Lipinski definition) is 6. The summed E-state index contributed by atoms with van der Waals surface area (Å²) in [5.41, 5.74) is 9.71. The van der Waals surface area contributed by atoms with Gasteiger partial charge in [0.25, 0.3) is 0 Å². The molecule has 7 heteroatoms. The van der Waals surface area contributed by atoms with Gasteiger partial charge in [-0.1, -0.05) is 6.92 Å². The standard InChI is InChI=1S/C20H18N6O/c1-3-18(27)17-7-12(2)15(11-22-17)14-8-13-10-23-19(21)9-16(13)25-20(14)26-6-4-5-24-26/h4-11H,3H2,1-2H3,(H2,21,23). The highest BCUT2D eigenvalue weighted by Gasteiger charge is 2.16. The summed E-state index contributed by atoms with van der Waals surface area (Å²) in [7, 11) is 0. The molecule has 0 radical (unpaired) electrons. The number of nitrogens with zero attached hydrogens (tertiary/aromatic N) is 5. The van der Waals surface area contributed by atoms with Crippen LogP contribution in [0.25, 0.3) is 27.8 Å². The van der Waals surface area contributed by atoms with E-state index >= 15 is 0 Å². The maximum absolute atomic E-state index is 12.0. The molecule has 4 aromatic heterocycles. The van der Waals surface area contributed by atoms with Crippen molar-refractivity contribution < 1.29 is 4.79 Å². The van der Waals surface area contributed by atoms with Gasteiger partial charge in [0.2, 0.25) is 0 Å². The van der Waals surface area contributed by atoms with Gasteiger partial charge in [-0.15, -0.1) is 0 Å². The SMILES string of the molecule is CCC(=O)c1cc(C)c(-c2cc3cnc(N)cc3nc2-n2cccn2)cn1. The third-order valence-electron chi connectivity index (χ3n) is 4.43. The van der Waals surface area contributed by atoms with E-state index in [9.17, 15) is 4.79 Å². The quantitative estimate of drug-likeness (QED) is 0.562. The van der Waals surface area contributed by atoms with Crippen molar-refractivity contribution in [2.24, 2.45) is 0 Å². The monoisotopic (exact) mass is 358 g/mol. The molecular formula is C20H18N6O. The number of aromatic nitrogens is 5. The Hall–Kier alpha value is -3.61. The highest BCUT2D eigenvalue weighted by atomic mass is 16.1. The molecule has 0 aromatic carbocycles. The summed E-state index contributed by atoms with van der Waals surface area (Å²) in [6.45, 7) is 3.79. The van der Waals surface area contributed by atoms with Gasteiger partial charge in [-0.3, -0.25) is 9.78 Å². The number of ketones is 1. The molecule has 4 aromatic rings. The van der Waals surface area contributed by atoms with Gasteiger partial charge in [0.15, 0.2) is 11.6 Å². The minimum Gasteiger partial charge on any atom is -0.384 e. The molecule has 0 saturated carbocycles. The molecule has 0 amide bonds. The molecular weight excluding hydrogens is 340 g/mol. The molecule has 0 unspecified atom stereocenters. The Morgan fingerprint density at radius 1 is 1.15 bits per heavy atom. The molecule has 0 spiro atoms. The number of pyridine rings is 3. The molecule has 27 heavy (non-hydrogen) atoms. The average molecular weight is 358 g/mol. The van der Waals surface area contributed by atoms with E-state index in [2.05, 4.69) is 15.1 Å². The van der Waals surface area contributed by atoms with E-state index in [-0.39, 0.29) is 5.78 Å². The molecule has 0 bridgehead atoms. The van der Waals surface area contributed by atoms with Crippen molar-refractivity contribution in [2.75, 3.05) is 5.73 Å². The zero-order valence-corrected chi connectivity index (χ0v) is 15.0. The summed E-state index contributed by atoms with van der Waals surface area (Å²) in [5, 5.41) is 5.19. The van der Waals surface area contributed by atoms with E-state index in [1.54, 1.807) is 29.3 Å². The second kappa shape index (κ2) is 6.60. The van der Waals surface area contributed by atoms with Gasteiger partial charge in [0.1, 0.15) is 11.5 Å². The largest absolute Gasteiger partial charge is 0.384 e. The average Bonchev–Trinajstić information content (AvgIpc) is 3.21. The number of anilines is 1. The third-order valence-corrected chi connectivity index (χ3v) is 4.43. The zero-order chi connectivity index (χ0) is 19.0. The fourth-order valence-corrected chi connectivity index (χ4v) is 3.01. The van der Waals surface area contributed by atoms with E-state index in [4.69, 9.17) is 10.7 Å². The lowest BCUT2D eigenvalue weighted by atomic mass is 10.0. The first-order chi connectivity index (χ1) is 13.1. The lowest BCUT2D eigenvalue weighted by Gasteiger charge is -2.13. The number of nitrogens with two attached hydrogens (primary N) is 1. The lowest BCUT2D eigenvalue weighted by molar-refractivity contribution is 0.0983. The maximum Gasteiger partial charge on any atom is 0.180 e. The van der Waals surface area contributed by atoms with Crippen LogP contribution in [-0.2, 0) is 0 Å². The third kappa shape index (κ3) is 3.03. The van der Waals surface area contributed by atoms with Crippen molar-refractivity contribution >= 4 is 22.5 Å². The molecule has 0 aliphatic rings. The van der Waals surface area contributed by atoms with E-state index in [0.717, 1.165) is 27.6 Å². The number of Topliss-reactive ketones (excluding diaryl/α,β-unsaturated/α-hetero) is 1. The molecule has 0 fully saturated rings. The molecule has 134 valence electrons. The summed E-state index contributed by atoms with van der Waals surface area (Å²) in [4.78, 5) is 25.2. The van der Waals surface area contributed by atoms with Gasteiger partial charge in [-0.05, 0) is 30.7 Å². The van der Waals surface area contributed by atoms with Gasteiger partial charge in [0, 0.05) is 53.8 Å². The number of nitrogen functional groups attached to an aromatic ring is 1. The van der Waals surface area contributed by atoms with Gasteiger partial charge >= 0.3 is 0 Å². The number of carbonyl (C=O) groups is 1. The van der Waals surface area contributed by atoms with Crippen molar-refractivity contribution in [3.8, 4) is 16.9 Å². The Morgan fingerprint density at radius 3 is 2.70 bits per heavy atom. The predicted octanol–water partition coefficient (Wildman–Crippen LogP) is 3.36. The van der Waals surface area contributed by atoms with Crippen molar-refractivity contribution in [2.45, 2.75) is 20.3 Å². The predicted molar refractivity (Wildman–Crippen MR) is 104 cm³/mol. The first kappa shape index (κ1) is 16.8. The summed E-state index contributed by atoms with van der Waals surface area (Å²) < 4.78 is 1.70. The maximum atomic E-state index is 12.0. The lowest BCUT2D eigenvalue weighted by Crippen LogP contribution is -2.05. The highest BCUT2D eigenvalue weighted by molar-refractivity contribution is 5.95. The normalized spacial score (nSPS) is 11.0. The fourth-order valence-electron chi connectivity index (χ4n) is 3.01. The molecule has 4 heterocycles. The van der Waals surface area contributed by atoms with E-state index in [1.807, 2.05) is 38.2 Å². The summed E-state index contributed by atoms with van der Waals surface area (Å²) >= 11 is 0. The van der Waals surface area contributed by atoms with E-state index in [0.29, 0.717) is 23.8 Å². The molecule has 0 aliphatic carbocycles. The molecule has 7 nitrogen and oxygen atoms in total. The van der Waals surface area contributed by atoms with Crippen molar-refractivity contribution in [1.82, 2.24) is 24.7 Å². The fraction of sp³-hybridized carbons (Fsp3) is 0.150. The Balaban J connectivity index is 1.96. The van der Waals surface area contributed by atoms with Crippen LogP contribution >= 0.6 is 0 Å². The second-order valence-corrected chi connectivity index (χ2v) is 6.27. The number of hydrogen-bond donors (Lipinski definition) is 1. The van der Waals surface area contributed by atoms with Gasteiger partial charge in [-0.25, -0.2) is 14.6 Å². The number of aryl methyl sites for hydroxylation is 1. The summed E-state index contributed by atoms with van der Waals surface area (Å²) in [6, 6.07) is 7.39. The molecule has 0 aliphatic heterocycles. The van der Waals surface area contributed by atoms with E-state index < -0.39 is 0 Å². The Kier molecular flexibility index (Phi) is 4.12. The first-order valence-corrected chi connectivity index (χ1v) is 8.63. The number of fused-ring (bicyclic) bond motifs is 1. The van der Waals surface area contributed by atoms with Crippen LogP contribution in [0.4, 0.5) is 5.82 Å².